The van der Waals surface area contributed by atoms with Crippen LogP contribution < -0.4 is 4.74 Å². The van der Waals surface area contributed by atoms with Crippen molar-refractivity contribution >= 4 is 35.1 Å². The van der Waals surface area contributed by atoms with Crippen molar-refractivity contribution in [2.45, 2.75) is 6.54 Å². The van der Waals surface area contributed by atoms with Crippen LogP contribution >= 0.6 is 11.8 Å². The molecule has 0 saturated carbocycles. The summed E-state index contributed by atoms with van der Waals surface area (Å²) in [6, 6.07) is 20.8. The lowest BCUT2D eigenvalue weighted by Gasteiger charge is -2.12. The average molecular weight is 417 g/mol. The van der Waals surface area contributed by atoms with Gasteiger partial charge >= 0.3 is 0 Å². The lowest BCUT2D eigenvalue weighted by molar-refractivity contribution is -0.122. The fourth-order valence-electron chi connectivity index (χ4n) is 2.82. The smallest absolute Gasteiger partial charge is 0.267 e. The third-order valence-corrected chi connectivity index (χ3v) is 5.34. The van der Waals surface area contributed by atoms with E-state index in [2.05, 4.69) is 10.2 Å². The van der Waals surface area contributed by atoms with E-state index in [0.29, 0.717) is 22.4 Å². The second-order valence-corrected chi connectivity index (χ2v) is 7.40. The fourth-order valence-corrected chi connectivity index (χ4v) is 3.75. The van der Waals surface area contributed by atoms with Gasteiger partial charge < -0.3 is 9.15 Å². The highest BCUT2D eigenvalue weighted by Gasteiger charge is 2.34. The number of hydrogen-bond donors (Lipinski definition) is 0. The number of furan rings is 1. The lowest BCUT2D eigenvalue weighted by atomic mass is 10.2. The Morgan fingerprint density at radius 3 is 2.53 bits per heavy atom. The van der Waals surface area contributed by atoms with Crippen molar-refractivity contribution in [2.75, 3.05) is 7.11 Å². The van der Waals surface area contributed by atoms with Gasteiger partial charge in [0, 0.05) is 0 Å². The highest BCUT2D eigenvalue weighted by molar-refractivity contribution is 8.18. The molecular formula is C23H19N3O3S. The van der Waals surface area contributed by atoms with Gasteiger partial charge in [0.05, 0.1) is 31.0 Å². The minimum Gasteiger partial charge on any atom is -0.497 e. The Hall–Kier alpha value is -3.58. The van der Waals surface area contributed by atoms with Crippen molar-refractivity contribution in [1.29, 1.82) is 0 Å². The van der Waals surface area contributed by atoms with Crippen molar-refractivity contribution in [1.82, 2.24) is 4.90 Å². The molecular weight excluding hydrogens is 398 g/mol. The second kappa shape index (κ2) is 9.28. The van der Waals surface area contributed by atoms with Crippen LogP contribution in [0.4, 0.5) is 0 Å². The van der Waals surface area contributed by atoms with Crippen LogP contribution in [0.5, 0.6) is 5.75 Å². The molecule has 30 heavy (non-hydrogen) atoms. The van der Waals surface area contributed by atoms with E-state index in [0.717, 1.165) is 16.9 Å². The van der Waals surface area contributed by atoms with Crippen LogP contribution in [0.25, 0.3) is 6.08 Å². The summed E-state index contributed by atoms with van der Waals surface area (Å²) in [5.74, 6) is 1.30. The molecule has 3 aromatic rings. The topological polar surface area (TPSA) is 67.4 Å². The summed E-state index contributed by atoms with van der Waals surface area (Å²) in [6.45, 7) is 0.290. The van der Waals surface area contributed by atoms with Gasteiger partial charge in [-0.1, -0.05) is 42.5 Å². The van der Waals surface area contributed by atoms with Gasteiger partial charge in [-0.05, 0) is 53.2 Å². The molecule has 0 atom stereocenters. The summed E-state index contributed by atoms with van der Waals surface area (Å²) in [5, 5.41) is 8.98. The monoisotopic (exact) mass is 417 g/mol. The van der Waals surface area contributed by atoms with E-state index in [4.69, 9.17) is 9.15 Å². The SMILES string of the molecule is COc1ccc(/C=C2\S/C(=N/N=C\c3ccccc3)N(Cc3ccco3)C2=O)cc1. The molecule has 0 N–H and O–H groups in total. The quantitative estimate of drug-likeness (QED) is 0.328. The molecule has 0 unspecified atom stereocenters. The molecule has 1 aliphatic heterocycles. The highest BCUT2D eigenvalue weighted by Crippen LogP contribution is 2.34. The number of amidine groups is 1. The Labute approximate surface area is 178 Å². The van der Waals surface area contributed by atoms with Crippen molar-refractivity contribution in [3.63, 3.8) is 0 Å². The Bertz CT molecular complexity index is 1090. The molecule has 0 spiro atoms. The van der Waals surface area contributed by atoms with Gasteiger partial charge in [-0.2, -0.15) is 5.10 Å². The number of amides is 1. The number of benzene rings is 2. The maximum Gasteiger partial charge on any atom is 0.267 e. The van der Waals surface area contributed by atoms with E-state index in [1.54, 1.807) is 30.6 Å². The van der Waals surface area contributed by atoms with Gasteiger partial charge in [0.25, 0.3) is 5.91 Å². The van der Waals surface area contributed by atoms with E-state index in [1.165, 1.54) is 11.8 Å². The van der Waals surface area contributed by atoms with Crippen molar-refractivity contribution in [2.24, 2.45) is 10.2 Å². The first-order chi connectivity index (χ1) is 14.7. The van der Waals surface area contributed by atoms with Gasteiger partial charge in [0.15, 0.2) is 5.17 Å². The number of ether oxygens (including phenoxy) is 1. The van der Waals surface area contributed by atoms with E-state index < -0.39 is 0 Å². The number of thioether (sulfide) groups is 1. The largest absolute Gasteiger partial charge is 0.497 e. The zero-order valence-corrected chi connectivity index (χ0v) is 17.1. The first kappa shape index (κ1) is 19.7. The second-order valence-electron chi connectivity index (χ2n) is 6.39. The maximum atomic E-state index is 13.0. The molecule has 0 bridgehead atoms. The number of hydrogen-bond acceptors (Lipinski definition) is 6. The normalized spacial score (nSPS) is 16.8. The minimum atomic E-state index is -0.138. The standard InChI is InChI=1S/C23H19N3O3S/c1-28-19-11-9-17(10-12-19)14-21-22(27)26(16-20-8-5-13-29-20)23(30-21)25-24-15-18-6-3-2-4-7-18/h2-15H,16H2,1H3/b21-14-,24-15-,25-23+. The van der Waals surface area contributed by atoms with E-state index in [9.17, 15) is 4.79 Å². The zero-order valence-electron chi connectivity index (χ0n) is 16.3. The number of carbonyl (C=O) groups excluding carboxylic acids is 1. The average Bonchev–Trinajstić information content (AvgIpc) is 3.39. The fraction of sp³-hybridized carbons (Fsp3) is 0.0870. The van der Waals surface area contributed by atoms with E-state index >= 15 is 0 Å². The Morgan fingerprint density at radius 2 is 1.83 bits per heavy atom. The molecule has 0 radical (unpaired) electrons. The summed E-state index contributed by atoms with van der Waals surface area (Å²) in [7, 11) is 1.62. The number of methoxy groups -OCH3 is 1. The predicted molar refractivity (Wildman–Crippen MR) is 119 cm³/mol. The van der Waals surface area contributed by atoms with Crippen LogP contribution in [0.15, 0.2) is 92.5 Å². The van der Waals surface area contributed by atoms with Crippen LogP contribution in [0, 0.1) is 0 Å². The molecule has 1 aliphatic rings. The molecule has 1 amide bonds. The number of carbonyl (C=O) groups is 1. The zero-order chi connectivity index (χ0) is 20.8. The Balaban J connectivity index is 1.60. The highest BCUT2D eigenvalue weighted by atomic mass is 32.2. The summed E-state index contributed by atoms with van der Waals surface area (Å²) >= 11 is 1.29. The summed E-state index contributed by atoms with van der Waals surface area (Å²) in [5.41, 5.74) is 1.83. The molecule has 0 aliphatic carbocycles. The van der Waals surface area contributed by atoms with Gasteiger partial charge in [-0.15, -0.1) is 5.10 Å². The third kappa shape index (κ3) is 4.69. The van der Waals surface area contributed by atoms with Crippen LogP contribution in [-0.2, 0) is 11.3 Å². The molecule has 2 aromatic carbocycles. The molecule has 150 valence electrons. The Kier molecular flexibility index (Phi) is 6.10. The minimum absolute atomic E-state index is 0.138. The van der Waals surface area contributed by atoms with E-state index in [-0.39, 0.29) is 5.91 Å². The first-order valence-electron chi connectivity index (χ1n) is 9.27. The van der Waals surface area contributed by atoms with Crippen LogP contribution in [0.3, 0.4) is 0 Å². The van der Waals surface area contributed by atoms with Crippen molar-refractivity contribution in [3.05, 3.63) is 94.8 Å². The van der Waals surface area contributed by atoms with Crippen LogP contribution in [0.2, 0.25) is 0 Å². The van der Waals surface area contributed by atoms with Gasteiger partial charge in [0.1, 0.15) is 11.5 Å². The van der Waals surface area contributed by atoms with Crippen molar-refractivity contribution < 1.29 is 13.9 Å². The molecule has 4 rings (SSSR count). The predicted octanol–water partition coefficient (Wildman–Crippen LogP) is 4.79. The van der Waals surface area contributed by atoms with Crippen LogP contribution in [-0.4, -0.2) is 29.3 Å². The first-order valence-corrected chi connectivity index (χ1v) is 10.1. The summed E-state index contributed by atoms with van der Waals surface area (Å²) in [4.78, 5) is 15.2. The molecule has 1 saturated heterocycles. The maximum absolute atomic E-state index is 13.0. The molecule has 7 heteroatoms. The molecule has 6 nitrogen and oxygen atoms in total. The summed E-state index contributed by atoms with van der Waals surface area (Å²) < 4.78 is 10.6. The summed E-state index contributed by atoms with van der Waals surface area (Å²) in [6.07, 6.45) is 5.08. The van der Waals surface area contributed by atoms with Gasteiger partial charge in [-0.25, -0.2) is 0 Å². The molecule has 2 heterocycles. The molecule has 1 aromatic heterocycles. The van der Waals surface area contributed by atoms with Gasteiger partial charge in [-0.3, -0.25) is 9.69 Å². The Morgan fingerprint density at radius 1 is 1.03 bits per heavy atom. The number of rotatable bonds is 6. The lowest BCUT2D eigenvalue weighted by Crippen LogP contribution is -2.28. The van der Waals surface area contributed by atoms with Crippen LogP contribution in [0.1, 0.15) is 16.9 Å². The van der Waals surface area contributed by atoms with Gasteiger partial charge in [0.2, 0.25) is 0 Å². The third-order valence-electron chi connectivity index (χ3n) is 4.35. The van der Waals surface area contributed by atoms with Crippen molar-refractivity contribution in [3.8, 4) is 5.75 Å². The molecule has 1 fully saturated rings. The number of nitrogens with zero attached hydrogens (tertiary/aromatic N) is 3. The van der Waals surface area contributed by atoms with E-state index in [1.807, 2.05) is 66.7 Å².